The third kappa shape index (κ3) is 10.7. The summed E-state index contributed by atoms with van der Waals surface area (Å²) in [5.74, 6) is -0.0993. The van der Waals surface area contributed by atoms with Gasteiger partial charge in [-0.15, -0.1) is 0 Å². The molecule has 0 aliphatic carbocycles. The lowest BCUT2D eigenvalue weighted by Gasteiger charge is -2.43. The van der Waals surface area contributed by atoms with Gasteiger partial charge in [0.2, 0.25) is 0 Å². The number of phenolic OH excluding ortho intramolecular Hbond substituents is 1. The fourth-order valence-electron chi connectivity index (χ4n) is 8.55. The van der Waals surface area contributed by atoms with Crippen molar-refractivity contribution in [1.29, 1.82) is 0 Å². The van der Waals surface area contributed by atoms with E-state index in [1.54, 1.807) is 4.90 Å². The molecule has 4 aliphatic rings. The molecule has 13 nitrogen and oxygen atoms in total. The number of likely N-dealkylation sites (tertiary alicyclic amines) is 2. The molecule has 0 saturated carbocycles. The van der Waals surface area contributed by atoms with Gasteiger partial charge in [-0.05, 0) is 107 Å². The first-order valence-corrected chi connectivity index (χ1v) is 19.9. The number of amides is 4. The average Bonchev–Trinajstić information content (AvgIpc) is 3.35. The number of aromatic hydroxyl groups is 1. The first-order valence-electron chi connectivity index (χ1n) is 19.9. The summed E-state index contributed by atoms with van der Waals surface area (Å²) >= 11 is 0. The molecule has 2 aromatic carbocycles. The number of carbonyl (C=O) groups is 4. The van der Waals surface area contributed by atoms with Crippen LogP contribution in [0, 0.1) is 13.8 Å². The maximum Gasteiger partial charge on any atom is 0.410 e. The predicted molar refractivity (Wildman–Crippen MR) is 212 cm³/mol. The lowest BCUT2D eigenvalue weighted by atomic mass is 10.00. The molecular formula is C42H62N6O7. The zero-order chi connectivity index (χ0) is 38.2. The van der Waals surface area contributed by atoms with Gasteiger partial charge in [-0.1, -0.05) is 37.8 Å². The van der Waals surface area contributed by atoms with E-state index in [9.17, 15) is 24.3 Å². The van der Waals surface area contributed by atoms with Crippen molar-refractivity contribution in [3.8, 4) is 5.75 Å². The lowest BCUT2D eigenvalue weighted by molar-refractivity contribution is -0.143. The first-order chi connectivity index (χ1) is 26.1. The second-order valence-electron chi connectivity index (χ2n) is 15.2. The van der Waals surface area contributed by atoms with E-state index < -0.39 is 12.2 Å². The molecule has 3 fully saturated rings. The lowest BCUT2D eigenvalue weighted by Crippen LogP contribution is -2.56. The van der Waals surface area contributed by atoms with Crippen molar-refractivity contribution in [3.63, 3.8) is 0 Å². The van der Waals surface area contributed by atoms with Gasteiger partial charge >= 0.3 is 18.1 Å². The van der Waals surface area contributed by atoms with Crippen molar-refractivity contribution in [2.45, 2.75) is 97.8 Å². The van der Waals surface area contributed by atoms with E-state index in [4.69, 9.17) is 9.47 Å². The molecule has 0 radical (unpaired) electrons. The molecule has 2 N–H and O–H groups in total. The van der Waals surface area contributed by atoms with Crippen LogP contribution in [-0.2, 0) is 31.9 Å². The van der Waals surface area contributed by atoms with Crippen molar-refractivity contribution >= 4 is 29.7 Å². The summed E-state index contributed by atoms with van der Waals surface area (Å²) in [5, 5.41) is 13.4. The molecule has 0 bridgehead atoms. The summed E-state index contributed by atoms with van der Waals surface area (Å²) in [7, 11) is 0. The van der Waals surface area contributed by atoms with Crippen molar-refractivity contribution in [2.24, 2.45) is 0 Å². The number of fused-ring (bicyclic) bond motifs is 1. The number of hydrogen-bond donors (Lipinski definition) is 2. The summed E-state index contributed by atoms with van der Waals surface area (Å²) in [6.45, 7) is 12.9. The molecule has 4 heterocycles. The minimum Gasteiger partial charge on any atom is -0.507 e. The van der Waals surface area contributed by atoms with Crippen LogP contribution in [0.1, 0.15) is 75.1 Å². The van der Waals surface area contributed by atoms with E-state index >= 15 is 0 Å². The molecule has 2 aromatic rings. The number of benzene rings is 2. The number of para-hydroxylation sites is 1. The Balaban J connectivity index is 0.00000580. The Morgan fingerprint density at radius 3 is 2.20 bits per heavy atom. The van der Waals surface area contributed by atoms with E-state index in [0.29, 0.717) is 75.8 Å². The zero-order valence-electron chi connectivity index (χ0n) is 32.3. The highest BCUT2D eigenvalue weighted by Gasteiger charge is 2.36. The number of nitrogens with zero attached hydrogens (tertiary/aromatic N) is 5. The Bertz CT molecular complexity index is 1610. The minimum absolute atomic E-state index is 0. The highest BCUT2D eigenvalue weighted by Crippen LogP contribution is 2.27. The van der Waals surface area contributed by atoms with Gasteiger partial charge in [-0.25, -0.2) is 9.59 Å². The van der Waals surface area contributed by atoms with Crippen LogP contribution in [0.2, 0.25) is 0 Å². The molecule has 0 unspecified atom stereocenters. The number of esters is 1. The molecule has 13 heteroatoms. The summed E-state index contributed by atoms with van der Waals surface area (Å²) in [4.78, 5) is 63.0. The van der Waals surface area contributed by atoms with Gasteiger partial charge in [0.15, 0.2) is 6.10 Å². The highest BCUT2D eigenvalue weighted by molar-refractivity contribution is 5.91. The number of anilines is 1. The fraction of sp³-hybridized carbons (Fsp3) is 0.619. The molecule has 1 atom stereocenters. The van der Waals surface area contributed by atoms with Crippen LogP contribution in [0.3, 0.4) is 0 Å². The van der Waals surface area contributed by atoms with E-state index in [1.807, 2.05) is 67.0 Å². The maximum atomic E-state index is 14.2. The summed E-state index contributed by atoms with van der Waals surface area (Å²) in [6.07, 6.45) is 4.10. The van der Waals surface area contributed by atoms with Crippen LogP contribution < -0.4 is 5.32 Å². The highest BCUT2D eigenvalue weighted by atomic mass is 16.6. The van der Waals surface area contributed by atoms with Gasteiger partial charge in [0, 0.05) is 76.4 Å². The second kappa shape index (κ2) is 19.5. The monoisotopic (exact) mass is 762 g/mol. The summed E-state index contributed by atoms with van der Waals surface area (Å²) in [6, 6.07) is 11.9. The standard InChI is InChI=1S/C41H58N6O7.CH4/c1-4-53-37(48)10-7-16-43-17-12-33(13-18-43)44-22-24-45(25-23-44)39(50)36(28-31-26-29(2)38(49)30(3)27-31)54-41(52)46-19-14-34(15-20-46)47-21-11-32-8-5-6-9-35(32)42-40(47)51;/h5-6,8-9,26-27,33-34,36,49H,4,7,10-25,28H2,1-3H3,(H,42,51);1H4/t36-;/m1./s1. The van der Waals surface area contributed by atoms with Crippen molar-refractivity contribution in [3.05, 3.63) is 58.7 Å². The van der Waals surface area contributed by atoms with Crippen molar-refractivity contribution in [2.75, 3.05) is 77.4 Å². The number of piperazine rings is 1. The number of carbonyl (C=O) groups excluding carboxylic acids is 4. The molecule has 0 aromatic heterocycles. The zero-order valence-corrected chi connectivity index (χ0v) is 32.3. The van der Waals surface area contributed by atoms with Gasteiger partial charge in [-0.2, -0.15) is 0 Å². The number of urea groups is 1. The quantitative estimate of drug-likeness (QED) is 0.297. The smallest absolute Gasteiger partial charge is 0.410 e. The Kier molecular flexibility index (Phi) is 14.8. The molecule has 302 valence electrons. The Morgan fingerprint density at radius 1 is 0.873 bits per heavy atom. The van der Waals surface area contributed by atoms with Crippen LogP contribution in [0.4, 0.5) is 15.3 Å². The van der Waals surface area contributed by atoms with Gasteiger partial charge in [-0.3, -0.25) is 14.5 Å². The molecular weight excluding hydrogens is 700 g/mol. The number of rotatable bonds is 11. The molecule has 4 aliphatic heterocycles. The second-order valence-corrected chi connectivity index (χ2v) is 15.2. The van der Waals surface area contributed by atoms with Crippen LogP contribution in [0.15, 0.2) is 36.4 Å². The van der Waals surface area contributed by atoms with Crippen LogP contribution >= 0.6 is 0 Å². The number of piperidine rings is 2. The Labute approximate surface area is 326 Å². The van der Waals surface area contributed by atoms with Crippen LogP contribution in [0.25, 0.3) is 0 Å². The number of nitrogens with one attached hydrogen (secondary N) is 1. The molecule has 4 amide bonds. The van der Waals surface area contributed by atoms with Gasteiger partial charge in [0.1, 0.15) is 5.75 Å². The van der Waals surface area contributed by atoms with Crippen LogP contribution in [-0.4, -0.2) is 144 Å². The normalized spacial score (nSPS) is 19.5. The maximum absolute atomic E-state index is 14.2. The van der Waals surface area contributed by atoms with Gasteiger partial charge in [0.25, 0.3) is 5.91 Å². The Morgan fingerprint density at radius 2 is 1.53 bits per heavy atom. The fourth-order valence-corrected chi connectivity index (χ4v) is 8.55. The third-order valence-electron chi connectivity index (χ3n) is 11.7. The van der Waals surface area contributed by atoms with E-state index in [0.717, 1.165) is 75.2 Å². The number of phenols is 1. The van der Waals surface area contributed by atoms with Crippen molar-refractivity contribution < 1.29 is 33.8 Å². The van der Waals surface area contributed by atoms with Gasteiger partial charge in [0.05, 0.1) is 6.61 Å². The number of ether oxygens (including phenoxy) is 2. The summed E-state index contributed by atoms with van der Waals surface area (Å²) in [5.41, 5.74) is 4.22. The van der Waals surface area contributed by atoms with E-state index in [-0.39, 0.29) is 43.5 Å². The average molecular weight is 763 g/mol. The molecule has 3 saturated heterocycles. The van der Waals surface area contributed by atoms with E-state index in [1.165, 1.54) is 0 Å². The molecule has 0 spiro atoms. The predicted octanol–water partition coefficient (Wildman–Crippen LogP) is 5.20. The SMILES string of the molecule is C.CCOC(=O)CCCN1CCC(N2CCN(C(=O)[C@@H](Cc3cc(C)c(O)c(C)c3)OC(=O)N3CCC(N4CCc5ccccc5NC4=O)CC3)CC2)CC1. The first kappa shape index (κ1) is 41.8. The number of aryl methyl sites for hydroxylation is 2. The summed E-state index contributed by atoms with van der Waals surface area (Å²) < 4.78 is 11.1. The largest absolute Gasteiger partial charge is 0.507 e. The Hall–Kier alpha value is -4.36. The van der Waals surface area contributed by atoms with Crippen molar-refractivity contribution in [1.82, 2.24) is 24.5 Å². The van der Waals surface area contributed by atoms with E-state index in [2.05, 4.69) is 15.1 Å². The third-order valence-corrected chi connectivity index (χ3v) is 11.7. The number of hydrogen-bond acceptors (Lipinski definition) is 9. The topological polar surface area (TPSA) is 135 Å². The van der Waals surface area contributed by atoms with Gasteiger partial charge < -0.3 is 39.5 Å². The minimum atomic E-state index is -1.00. The van der Waals surface area contributed by atoms with Crippen LogP contribution in [0.5, 0.6) is 5.75 Å². The molecule has 6 rings (SSSR count). The molecule has 55 heavy (non-hydrogen) atoms.